The number of hydrogen-bond acceptors (Lipinski definition) is 3. The van der Waals surface area contributed by atoms with Crippen molar-refractivity contribution in [3.63, 3.8) is 0 Å². The number of nitrogens with zero attached hydrogens (tertiary/aromatic N) is 1. The maximum atomic E-state index is 12.8. The molecule has 0 aliphatic carbocycles. The summed E-state index contributed by atoms with van der Waals surface area (Å²) in [5.41, 5.74) is 9.08. The monoisotopic (exact) mass is 379 g/mol. The third-order valence-electron chi connectivity index (χ3n) is 4.94. The summed E-state index contributed by atoms with van der Waals surface area (Å²) in [4.78, 5) is 37.6. The molecule has 1 unspecified atom stereocenters. The first-order valence-corrected chi connectivity index (χ1v) is 9.50. The molecule has 6 heteroatoms. The lowest BCUT2D eigenvalue weighted by molar-refractivity contribution is -0.137. The van der Waals surface area contributed by atoms with Crippen LogP contribution in [-0.2, 0) is 14.4 Å². The van der Waals surface area contributed by atoms with Crippen molar-refractivity contribution in [2.24, 2.45) is 5.73 Å². The van der Waals surface area contributed by atoms with Crippen LogP contribution in [0.4, 0.5) is 5.69 Å². The number of hydrogen-bond donors (Lipinski definition) is 2. The molecule has 28 heavy (non-hydrogen) atoms. The molecule has 1 aliphatic heterocycles. The Morgan fingerprint density at radius 1 is 1.07 bits per heavy atom. The fourth-order valence-electron chi connectivity index (χ4n) is 3.54. The average molecular weight is 379 g/mol. The topological polar surface area (TPSA) is 92.5 Å². The number of benzene rings is 2. The van der Waals surface area contributed by atoms with Crippen LogP contribution in [0.2, 0.25) is 0 Å². The average Bonchev–Trinajstić information content (AvgIpc) is 3.16. The van der Waals surface area contributed by atoms with Gasteiger partial charge in [0.15, 0.2) is 0 Å². The van der Waals surface area contributed by atoms with Gasteiger partial charge >= 0.3 is 0 Å². The molecule has 1 atom stereocenters. The summed E-state index contributed by atoms with van der Waals surface area (Å²) < 4.78 is 0. The van der Waals surface area contributed by atoms with E-state index in [1.54, 1.807) is 4.90 Å². The summed E-state index contributed by atoms with van der Waals surface area (Å²) in [6.07, 6.45) is 1.43. The van der Waals surface area contributed by atoms with Gasteiger partial charge in [-0.2, -0.15) is 0 Å². The zero-order valence-corrected chi connectivity index (χ0v) is 16.0. The molecule has 3 rings (SSSR count). The smallest absolute Gasteiger partial charge is 0.247 e. The fraction of sp³-hybridized carbons (Fsp3) is 0.318. The molecule has 3 amide bonds. The maximum absolute atomic E-state index is 12.8. The van der Waals surface area contributed by atoms with Crippen molar-refractivity contribution in [1.82, 2.24) is 4.90 Å². The SMILES string of the molecule is Cc1cccc(-c2cccc(NC(=O)C3CCCN3C(=O)CCC(N)=O)c2)c1. The van der Waals surface area contributed by atoms with Crippen molar-refractivity contribution in [1.29, 1.82) is 0 Å². The third-order valence-corrected chi connectivity index (χ3v) is 4.94. The Bertz CT molecular complexity index is 894. The Hall–Kier alpha value is -3.15. The van der Waals surface area contributed by atoms with Gasteiger partial charge < -0.3 is 16.0 Å². The van der Waals surface area contributed by atoms with E-state index in [2.05, 4.69) is 11.4 Å². The number of nitrogens with one attached hydrogen (secondary N) is 1. The van der Waals surface area contributed by atoms with Crippen LogP contribution >= 0.6 is 0 Å². The van der Waals surface area contributed by atoms with Crippen LogP contribution < -0.4 is 11.1 Å². The van der Waals surface area contributed by atoms with Crippen LogP contribution in [0, 0.1) is 6.92 Å². The number of primary amides is 1. The Balaban J connectivity index is 1.69. The van der Waals surface area contributed by atoms with E-state index in [1.807, 2.05) is 49.4 Å². The number of aryl methyl sites for hydroxylation is 1. The second kappa shape index (κ2) is 8.69. The summed E-state index contributed by atoms with van der Waals surface area (Å²) in [6, 6.07) is 15.3. The number of carbonyl (C=O) groups excluding carboxylic acids is 3. The van der Waals surface area contributed by atoms with E-state index in [1.165, 1.54) is 5.56 Å². The Morgan fingerprint density at radius 2 is 1.79 bits per heavy atom. The standard InChI is InChI=1S/C22H25N3O3/c1-15-5-2-6-16(13-15)17-7-3-8-18(14-17)24-22(28)19-9-4-12-25(19)21(27)11-10-20(23)26/h2-3,5-8,13-14,19H,4,9-12H2,1H3,(H2,23,26)(H,24,28). The number of anilines is 1. The van der Waals surface area contributed by atoms with Gasteiger partial charge in [-0.25, -0.2) is 0 Å². The molecule has 1 aliphatic rings. The van der Waals surface area contributed by atoms with E-state index in [0.717, 1.165) is 17.5 Å². The molecule has 1 heterocycles. The molecule has 1 saturated heterocycles. The molecule has 6 nitrogen and oxygen atoms in total. The van der Waals surface area contributed by atoms with Gasteiger partial charge in [-0.1, -0.05) is 42.0 Å². The largest absolute Gasteiger partial charge is 0.370 e. The summed E-state index contributed by atoms with van der Waals surface area (Å²) in [5.74, 6) is -0.919. The van der Waals surface area contributed by atoms with Crippen molar-refractivity contribution < 1.29 is 14.4 Å². The minimum absolute atomic E-state index is 0.00219. The number of nitrogens with two attached hydrogens (primary N) is 1. The summed E-state index contributed by atoms with van der Waals surface area (Å²) in [5, 5.41) is 2.93. The van der Waals surface area contributed by atoms with E-state index in [0.29, 0.717) is 18.7 Å². The Morgan fingerprint density at radius 3 is 2.50 bits per heavy atom. The van der Waals surface area contributed by atoms with Gasteiger partial charge in [0.2, 0.25) is 17.7 Å². The van der Waals surface area contributed by atoms with Gasteiger partial charge in [0.1, 0.15) is 6.04 Å². The van der Waals surface area contributed by atoms with Gasteiger partial charge in [-0.3, -0.25) is 14.4 Å². The third kappa shape index (κ3) is 4.76. The van der Waals surface area contributed by atoms with Crippen LogP contribution in [0.1, 0.15) is 31.2 Å². The first-order chi connectivity index (χ1) is 13.4. The normalized spacial score (nSPS) is 16.0. The molecule has 0 bridgehead atoms. The maximum Gasteiger partial charge on any atom is 0.247 e. The fourth-order valence-corrected chi connectivity index (χ4v) is 3.54. The first-order valence-electron chi connectivity index (χ1n) is 9.50. The van der Waals surface area contributed by atoms with E-state index in [4.69, 9.17) is 5.73 Å². The summed E-state index contributed by atoms with van der Waals surface area (Å²) >= 11 is 0. The lowest BCUT2D eigenvalue weighted by Crippen LogP contribution is -2.43. The van der Waals surface area contributed by atoms with Crippen LogP contribution in [0.3, 0.4) is 0 Å². The van der Waals surface area contributed by atoms with Gasteiger partial charge in [0, 0.05) is 25.1 Å². The van der Waals surface area contributed by atoms with Crippen molar-refractivity contribution in [2.45, 2.75) is 38.6 Å². The Kier molecular flexibility index (Phi) is 6.09. The minimum atomic E-state index is -0.512. The van der Waals surface area contributed by atoms with Crippen LogP contribution in [0.5, 0.6) is 0 Å². The molecule has 2 aromatic rings. The van der Waals surface area contributed by atoms with E-state index in [9.17, 15) is 14.4 Å². The van der Waals surface area contributed by atoms with Gasteiger partial charge in [0.25, 0.3) is 0 Å². The molecule has 2 aromatic carbocycles. The van der Waals surface area contributed by atoms with Crippen LogP contribution in [0.25, 0.3) is 11.1 Å². The highest BCUT2D eigenvalue weighted by molar-refractivity contribution is 5.98. The summed E-state index contributed by atoms with van der Waals surface area (Å²) in [6.45, 7) is 2.57. The molecule has 146 valence electrons. The molecular formula is C22H25N3O3. The van der Waals surface area contributed by atoms with Gasteiger partial charge in [-0.05, 0) is 43.0 Å². The predicted octanol–water partition coefficient (Wildman–Crippen LogP) is 2.86. The number of rotatable bonds is 6. The number of amides is 3. The summed E-state index contributed by atoms with van der Waals surface area (Å²) in [7, 11) is 0. The number of likely N-dealkylation sites (tertiary alicyclic amines) is 1. The first kappa shape index (κ1) is 19.6. The minimum Gasteiger partial charge on any atom is -0.370 e. The zero-order chi connectivity index (χ0) is 20.1. The number of carbonyl (C=O) groups is 3. The van der Waals surface area contributed by atoms with Gasteiger partial charge in [-0.15, -0.1) is 0 Å². The second-order valence-corrected chi connectivity index (χ2v) is 7.15. The molecule has 0 saturated carbocycles. The van der Waals surface area contributed by atoms with Crippen molar-refractivity contribution >= 4 is 23.4 Å². The van der Waals surface area contributed by atoms with E-state index >= 15 is 0 Å². The van der Waals surface area contributed by atoms with E-state index in [-0.39, 0.29) is 24.7 Å². The highest BCUT2D eigenvalue weighted by Gasteiger charge is 2.33. The molecule has 0 spiro atoms. The molecule has 0 radical (unpaired) electrons. The molecular weight excluding hydrogens is 354 g/mol. The lowest BCUT2D eigenvalue weighted by Gasteiger charge is -2.24. The lowest BCUT2D eigenvalue weighted by atomic mass is 10.0. The second-order valence-electron chi connectivity index (χ2n) is 7.15. The van der Waals surface area contributed by atoms with Crippen molar-refractivity contribution in [3.05, 3.63) is 54.1 Å². The highest BCUT2D eigenvalue weighted by Crippen LogP contribution is 2.25. The molecule has 3 N–H and O–H groups in total. The highest BCUT2D eigenvalue weighted by atomic mass is 16.2. The molecule has 1 fully saturated rings. The van der Waals surface area contributed by atoms with Crippen molar-refractivity contribution in [3.8, 4) is 11.1 Å². The molecule has 0 aromatic heterocycles. The zero-order valence-electron chi connectivity index (χ0n) is 16.0. The Labute approximate surface area is 164 Å². The predicted molar refractivity (Wildman–Crippen MR) is 108 cm³/mol. The van der Waals surface area contributed by atoms with Gasteiger partial charge in [0.05, 0.1) is 0 Å². The van der Waals surface area contributed by atoms with Crippen LogP contribution in [0.15, 0.2) is 48.5 Å². The van der Waals surface area contributed by atoms with E-state index < -0.39 is 11.9 Å². The van der Waals surface area contributed by atoms with Crippen LogP contribution in [-0.4, -0.2) is 35.2 Å². The van der Waals surface area contributed by atoms with Crippen molar-refractivity contribution in [2.75, 3.05) is 11.9 Å². The quantitative estimate of drug-likeness (QED) is 0.808.